The molecular weight excluding hydrogens is 308 g/mol. The first-order valence-corrected chi connectivity index (χ1v) is 6.95. The van der Waals surface area contributed by atoms with Crippen molar-refractivity contribution < 1.29 is 4.74 Å². The van der Waals surface area contributed by atoms with Gasteiger partial charge in [0.15, 0.2) is 5.82 Å². The smallest absolute Gasteiger partial charge is 0.169 e. The third kappa shape index (κ3) is 3.07. The number of nitrogen functional groups attached to an aromatic ring is 1. The van der Waals surface area contributed by atoms with Gasteiger partial charge in [0.1, 0.15) is 5.75 Å². The first kappa shape index (κ1) is 13.9. The van der Waals surface area contributed by atoms with E-state index in [9.17, 15) is 0 Å². The van der Waals surface area contributed by atoms with Crippen LogP contribution in [-0.2, 0) is 13.0 Å². The van der Waals surface area contributed by atoms with Gasteiger partial charge in [-0.3, -0.25) is 0 Å². The molecule has 0 radical (unpaired) electrons. The van der Waals surface area contributed by atoms with E-state index in [1.54, 1.807) is 7.11 Å². The van der Waals surface area contributed by atoms with Crippen molar-refractivity contribution in [2.24, 2.45) is 0 Å². The van der Waals surface area contributed by atoms with Crippen LogP contribution in [0.3, 0.4) is 0 Å². The molecule has 0 saturated carbocycles. The van der Waals surface area contributed by atoms with Crippen molar-refractivity contribution in [3.8, 4) is 5.75 Å². The Labute approximate surface area is 120 Å². The summed E-state index contributed by atoms with van der Waals surface area (Å²) in [5.41, 5.74) is 7.95. The van der Waals surface area contributed by atoms with Crippen LogP contribution in [0.5, 0.6) is 5.75 Å². The van der Waals surface area contributed by atoms with Crippen molar-refractivity contribution in [1.29, 1.82) is 0 Å². The predicted octanol–water partition coefficient (Wildman–Crippen LogP) is 2.63. The Bertz CT molecular complexity index is 568. The van der Waals surface area contributed by atoms with Gasteiger partial charge in [0.2, 0.25) is 0 Å². The van der Waals surface area contributed by atoms with Crippen molar-refractivity contribution >= 4 is 21.7 Å². The summed E-state index contributed by atoms with van der Waals surface area (Å²) in [4.78, 5) is 0. The zero-order valence-corrected chi connectivity index (χ0v) is 12.6. The molecule has 6 heteroatoms. The van der Waals surface area contributed by atoms with Gasteiger partial charge in [-0.05, 0) is 40.0 Å². The van der Waals surface area contributed by atoms with Gasteiger partial charge >= 0.3 is 0 Å². The average Bonchev–Trinajstić information content (AvgIpc) is 2.72. The number of aromatic nitrogens is 3. The lowest BCUT2D eigenvalue weighted by atomic mass is 10.2. The molecule has 0 atom stereocenters. The van der Waals surface area contributed by atoms with Crippen LogP contribution in [0.4, 0.5) is 5.82 Å². The number of hydrogen-bond acceptors (Lipinski definition) is 4. The van der Waals surface area contributed by atoms with Crippen molar-refractivity contribution in [3.63, 3.8) is 0 Å². The third-order valence-electron chi connectivity index (χ3n) is 2.90. The minimum atomic E-state index is 0.523. The van der Waals surface area contributed by atoms with Crippen LogP contribution in [0.25, 0.3) is 0 Å². The SMILES string of the molecule is CCCc1c(N)nnn1Cc1ccc(OC)c(Br)c1. The van der Waals surface area contributed by atoms with E-state index in [1.165, 1.54) is 0 Å². The van der Waals surface area contributed by atoms with E-state index in [1.807, 2.05) is 22.9 Å². The molecule has 19 heavy (non-hydrogen) atoms. The van der Waals surface area contributed by atoms with Gasteiger partial charge in [0.05, 0.1) is 23.8 Å². The van der Waals surface area contributed by atoms with Crippen molar-refractivity contribution in [1.82, 2.24) is 15.0 Å². The minimum Gasteiger partial charge on any atom is -0.496 e. The number of hydrogen-bond donors (Lipinski definition) is 1. The van der Waals surface area contributed by atoms with Crippen LogP contribution >= 0.6 is 15.9 Å². The Morgan fingerprint density at radius 2 is 2.21 bits per heavy atom. The molecule has 0 bridgehead atoms. The van der Waals surface area contributed by atoms with E-state index in [4.69, 9.17) is 10.5 Å². The second kappa shape index (κ2) is 6.06. The van der Waals surface area contributed by atoms with Crippen molar-refractivity contribution in [2.45, 2.75) is 26.3 Å². The van der Waals surface area contributed by atoms with E-state index >= 15 is 0 Å². The Kier molecular flexibility index (Phi) is 4.42. The maximum atomic E-state index is 5.83. The van der Waals surface area contributed by atoms with E-state index in [2.05, 4.69) is 33.2 Å². The highest BCUT2D eigenvalue weighted by Gasteiger charge is 2.10. The zero-order chi connectivity index (χ0) is 13.8. The summed E-state index contributed by atoms with van der Waals surface area (Å²) in [6.07, 6.45) is 1.90. The maximum absolute atomic E-state index is 5.83. The van der Waals surface area contributed by atoms with Crippen molar-refractivity contribution in [2.75, 3.05) is 12.8 Å². The van der Waals surface area contributed by atoms with Crippen LogP contribution in [0.1, 0.15) is 24.6 Å². The fourth-order valence-electron chi connectivity index (χ4n) is 1.95. The average molecular weight is 325 g/mol. The number of nitrogens with zero attached hydrogens (tertiary/aromatic N) is 3. The van der Waals surface area contributed by atoms with E-state index < -0.39 is 0 Å². The second-order valence-electron chi connectivity index (χ2n) is 4.30. The van der Waals surface area contributed by atoms with E-state index in [0.717, 1.165) is 34.3 Å². The number of nitrogens with two attached hydrogens (primary N) is 1. The predicted molar refractivity (Wildman–Crippen MR) is 78.2 cm³/mol. The van der Waals surface area contributed by atoms with Crippen LogP contribution in [0.2, 0.25) is 0 Å². The minimum absolute atomic E-state index is 0.523. The molecule has 1 aromatic heterocycles. The number of halogens is 1. The molecule has 1 aromatic carbocycles. The summed E-state index contributed by atoms with van der Waals surface area (Å²) in [6, 6.07) is 5.96. The first-order chi connectivity index (χ1) is 9.15. The third-order valence-corrected chi connectivity index (χ3v) is 3.52. The topological polar surface area (TPSA) is 66.0 Å². The lowest BCUT2D eigenvalue weighted by Gasteiger charge is -2.08. The summed E-state index contributed by atoms with van der Waals surface area (Å²) in [5, 5.41) is 8.04. The number of ether oxygens (including phenoxy) is 1. The lowest BCUT2D eigenvalue weighted by molar-refractivity contribution is 0.412. The highest BCUT2D eigenvalue weighted by Crippen LogP contribution is 2.26. The second-order valence-corrected chi connectivity index (χ2v) is 5.15. The van der Waals surface area contributed by atoms with Crippen LogP contribution in [0.15, 0.2) is 22.7 Å². The molecule has 2 rings (SSSR count). The lowest BCUT2D eigenvalue weighted by Crippen LogP contribution is -2.07. The summed E-state index contributed by atoms with van der Waals surface area (Å²) in [5.74, 6) is 1.34. The molecule has 0 aliphatic carbocycles. The molecule has 0 aliphatic rings. The van der Waals surface area contributed by atoms with Gasteiger partial charge in [0, 0.05) is 0 Å². The Morgan fingerprint density at radius 1 is 1.42 bits per heavy atom. The van der Waals surface area contributed by atoms with Crippen LogP contribution < -0.4 is 10.5 Å². The van der Waals surface area contributed by atoms with Gasteiger partial charge < -0.3 is 10.5 Å². The molecule has 0 aliphatic heterocycles. The normalized spacial score (nSPS) is 10.7. The summed E-state index contributed by atoms with van der Waals surface area (Å²) < 4.78 is 8.00. The quantitative estimate of drug-likeness (QED) is 0.918. The molecule has 0 saturated heterocycles. The van der Waals surface area contributed by atoms with E-state index in [0.29, 0.717) is 12.4 Å². The fourth-order valence-corrected chi connectivity index (χ4v) is 2.54. The standard InChI is InChI=1S/C13H17BrN4O/c1-3-4-11-13(15)16-17-18(11)8-9-5-6-12(19-2)10(14)7-9/h5-7H,3-4,8,15H2,1-2H3. The highest BCUT2D eigenvalue weighted by molar-refractivity contribution is 9.10. The number of benzene rings is 1. The fraction of sp³-hybridized carbons (Fsp3) is 0.385. The monoisotopic (exact) mass is 324 g/mol. The van der Waals surface area contributed by atoms with Crippen LogP contribution in [0, 0.1) is 0 Å². The molecule has 2 aromatic rings. The summed E-state index contributed by atoms with van der Waals surface area (Å²) >= 11 is 3.48. The van der Waals surface area contributed by atoms with Gasteiger partial charge in [-0.2, -0.15) is 0 Å². The van der Waals surface area contributed by atoms with Gasteiger partial charge in [0.25, 0.3) is 0 Å². The highest BCUT2D eigenvalue weighted by atomic mass is 79.9. The molecule has 0 spiro atoms. The Balaban J connectivity index is 2.23. The molecule has 5 nitrogen and oxygen atoms in total. The van der Waals surface area contributed by atoms with Gasteiger partial charge in [-0.1, -0.05) is 24.6 Å². The first-order valence-electron chi connectivity index (χ1n) is 6.16. The van der Waals surface area contributed by atoms with Gasteiger partial charge in [-0.25, -0.2) is 4.68 Å². The number of rotatable bonds is 5. The molecule has 2 N–H and O–H groups in total. The molecule has 0 amide bonds. The summed E-state index contributed by atoms with van der Waals surface area (Å²) in [7, 11) is 1.65. The number of methoxy groups -OCH3 is 1. The molecule has 102 valence electrons. The molecular formula is C13H17BrN4O. The van der Waals surface area contributed by atoms with Crippen molar-refractivity contribution in [3.05, 3.63) is 33.9 Å². The Morgan fingerprint density at radius 3 is 2.84 bits per heavy atom. The van der Waals surface area contributed by atoms with Gasteiger partial charge in [-0.15, -0.1) is 5.10 Å². The molecule has 1 heterocycles. The molecule has 0 unspecified atom stereocenters. The maximum Gasteiger partial charge on any atom is 0.169 e. The Hall–Kier alpha value is -1.56. The van der Waals surface area contributed by atoms with E-state index in [-0.39, 0.29) is 0 Å². The molecule has 0 fully saturated rings. The summed E-state index contributed by atoms with van der Waals surface area (Å²) in [6.45, 7) is 2.77. The number of anilines is 1. The van der Waals surface area contributed by atoms with Crippen LogP contribution in [-0.4, -0.2) is 22.1 Å². The zero-order valence-electron chi connectivity index (χ0n) is 11.1. The largest absolute Gasteiger partial charge is 0.496 e.